The minimum Gasteiger partial charge on any atom is -0.545 e. The normalized spacial score (nSPS) is 11.8. The van der Waals surface area contributed by atoms with Crippen molar-refractivity contribution in [3.8, 4) is 0 Å². The van der Waals surface area contributed by atoms with E-state index in [4.69, 9.17) is 10.5 Å². The molecule has 0 radical (unpaired) electrons. The molecule has 140 valence electrons. The third kappa shape index (κ3) is 5.55. The molecule has 0 saturated carbocycles. The van der Waals surface area contributed by atoms with Gasteiger partial charge in [0.15, 0.2) is 0 Å². The van der Waals surface area contributed by atoms with Crippen molar-refractivity contribution in [1.82, 2.24) is 0 Å². The lowest BCUT2D eigenvalue weighted by Gasteiger charge is -2.31. The Morgan fingerprint density at radius 3 is 2.16 bits per heavy atom. The van der Waals surface area contributed by atoms with Crippen LogP contribution < -0.4 is 10.8 Å². The van der Waals surface area contributed by atoms with E-state index in [0.717, 1.165) is 11.1 Å². The molecule has 0 spiro atoms. The van der Waals surface area contributed by atoms with Crippen molar-refractivity contribution >= 4 is 18.0 Å². The highest BCUT2D eigenvalue weighted by molar-refractivity contribution is 5.60. The van der Waals surface area contributed by atoms with Gasteiger partial charge in [-0.15, -0.1) is 0 Å². The maximum Gasteiger partial charge on any atom is 0.508 e. The molecule has 0 aliphatic heterocycles. The number of carbonyl (C=O) groups is 2. The first-order valence-corrected chi connectivity index (χ1v) is 7.86. The highest BCUT2D eigenvalue weighted by Crippen LogP contribution is 2.36. The third-order valence-electron chi connectivity index (χ3n) is 3.88. The molecule has 7 heteroatoms. The van der Waals surface area contributed by atoms with Gasteiger partial charge in [0, 0.05) is 11.1 Å². The zero-order chi connectivity index (χ0) is 19.4. The summed E-state index contributed by atoms with van der Waals surface area (Å²) in [6.45, 7) is 9.67. The predicted octanol–water partition coefficient (Wildman–Crippen LogP) is 2.49. The van der Waals surface area contributed by atoms with Gasteiger partial charge in [-0.3, -0.25) is 0 Å². The number of carboxylic acid groups (broad SMARTS) is 1. The number of rotatable bonds is 5. The van der Waals surface area contributed by atoms with Crippen LogP contribution in [0.3, 0.4) is 0 Å². The van der Waals surface area contributed by atoms with Crippen molar-refractivity contribution in [2.24, 2.45) is 0 Å². The van der Waals surface area contributed by atoms with Crippen LogP contribution in [-0.2, 0) is 31.6 Å². The summed E-state index contributed by atoms with van der Waals surface area (Å²) < 4.78 is 14.2. The van der Waals surface area contributed by atoms with Gasteiger partial charge in [0.2, 0.25) is 0 Å². The smallest absolute Gasteiger partial charge is 0.508 e. The van der Waals surface area contributed by atoms with E-state index < -0.39 is 17.7 Å². The Hall–Kier alpha value is -2.44. The Kier molecular flexibility index (Phi) is 6.29. The standard InChI is InChI=1S/C18H27NO6/c1-17(2,3)13-8-12(18(4,5)10-25-16(22)23-6)11(7-14(13)19)9-24-15(20)21/h7-8H,9-10,19H2,1-6H3,(H,20,21)/p-1. The van der Waals surface area contributed by atoms with E-state index in [9.17, 15) is 14.7 Å². The minimum absolute atomic E-state index is 0.0471. The Balaban J connectivity index is 3.35. The Morgan fingerprint density at radius 2 is 1.68 bits per heavy atom. The fourth-order valence-electron chi connectivity index (χ4n) is 2.58. The molecule has 0 unspecified atom stereocenters. The molecule has 2 N–H and O–H groups in total. The average molecular weight is 352 g/mol. The van der Waals surface area contributed by atoms with E-state index in [1.807, 2.05) is 40.7 Å². The molecular weight excluding hydrogens is 326 g/mol. The SMILES string of the molecule is COC(=O)OCC(C)(C)c1cc(C(C)(C)C)c(N)cc1COC(=O)[O-]. The van der Waals surface area contributed by atoms with Gasteiger partial charge in [0.1, 0.15) is 6.61 Å². The van der Waals surface area contributed by atoms with Crippen LogP contribution in [0.1, 0.15) is 51.3 Å². The first kappa shape index (κ1) is 20.6. The predicted molar refractivity (Wildman–Crippen MR) is 91.1 cm³/mol. The van der Waals surface area contributed by atoms with Crippen LogP contribution in [0, 0.1) is 0 Å². The lowest BCUT2D eigenvalue weighted by molar-refractivity contribution is -0.284. The highest BCUT2D eigenvalue weighted by Gasteiger charge is 2.29. The molecule has 0 aliphatic carbocycles. The number of benzene rings is 1. The van der Waals surface area contributed by atoms with Crippen molar-refractivity contribution in [2.75, 3.05) is 19.5 Å². The number of carbonyl (C=O) groups excluding carboxylic acids is 2. The molecule has 0 bridgehead atoms. The molecule has 1 rings (SSSR count). The first-order valence-electron chi connectivity index (χ1n) is 7.86. The lowest BCUT2D eigenvalue weighted by atomic mass is 9.77. The Bertz CT molecular complexity index is 646. The molecule has 1 aromatic rings. The van der Waals surface area contributed by atoms with Gasteiger partial charge < -0.3 is 29.8 Å². The van der Waals surface area contributed by atoms with Crippen molar-refractivity contribution in [2.45, 2.75) is 52.1 Å². The summed E-state index contributed by atoms with van der Waals surface area (Å²) in [7, 11) is 1.23. The van der Waals surface area contributed by atoms with E-state index in [0.29, 0.717) is 11.3 Å². The zero-order valence-electron chi connectivity index (χ0n) is 15.6. The summed E-state index contributed by atoms with van der Waals surface area (Å²) in [5, 5.41) is 10.6. The summed E-state index contributed by atoms with van der Waals surface area (Å²) in [6.07, 6.45) is -2.40. The fraction of sp³-hybridized carbons (Fsp3) is 0.556. The second kappa shape index (κ2) is 7.63. The molecule has 7 nitrogen and oxygen atoms in total. The van der Waals surface area contributed by atoms with Gasteiger partial charge >= 0.3 is 6.16 Å². The number of ether oxygens (including phenoxy) is 3. The van der Waals surface area contributed by atoms with Crippen molar-refractivity contribution in [3.05, 3.63) is 28.8 Å². The van der Waals surface area contributed by atoms with E-state index in [2.05, 4.69) is 9.47 Å². The molecule has 0 heterocycles. The molecule has 1 aromatic carbocycles. The number of nitrogen functional groups attached to an aromatic ring is 1. The van der Waals surface area contributed by atoms with Gasteiger partial charge in [-0.2, -0.15) is 0 Å². The third-order valence-corrected chi connectivity index (χ3v) is 3.88. The largest absolute Gasteiger partial charge is 0.545 e. The fourth-order valence-corrected chi connectivity index (χ4v) is 2.58. The summed E-state index contributed by atoms with van der Waals surface area (Å²) in [5.74, 6) is 0. The Labute approximate surface area is 148 Å². The van der Waals surface area contributed by atoms with E-state index in [1.54, 1.807) is 6.07 Å². The first-order chi connectivity index (χ1) is 11.4. The van der Waals surface area contributed by atoms with Gasteiger partial charge in [-0.1, -0.05) is 40.7 Å². The van der Waals surface area contributed by atoms with Gasteiger partial charge in [0.25, 0.3) is 6.16 Å². The van der Waals surface area contributed by atoms with Crippen molar-refractivity contribution in [1.29, 1.82) is 0 Å². The molecule has 0 fully saturated rings. The monoisotopic (exact) mass is 352 g/mol. The quantitative estimate of drug-likeness (QED) is 0.640. The van der Waals surface area contributed by atoms with Crippen LogP contribution in [0.15, 0.2) is 12.1 Å². The number of anilines is 1. The molecule has 0 atom stereocenters. The van der Waals surface area contributed by atoms with Crippen LogP contribution in [0.2, 0.25) is 0 Å². The van der Waals surface area contributed by atoms with Gasteiger partial charge in [-0.05, 0) is 28.2 Å². The van der Waals surface area contributed by atoms with Gasteiger partial charge in [-0.25, -0.2) is 4.79 Å². The summed E-state index contributed by atoms with van der Waals surface area (Å²) in [5.41, 5.74) is 8.12. The highest BCUT2D eigenvalue weighted by atomic mass is 16.7. The molecule has 0 aromatic heterocycles. The van der Waals surface area contributed by atoms with Crippen LogP contribution in [0.25, 0.3) is 0 Å². The van der Waals surface area contributed by atoms with E-state index >= 15 is 0 Å². The molecule has 0 aliphatic rings. The maximum absolute atomic E-state index is 11.3. The topological polar surface area (TPSA) is 111 Å². The molecular formula is C18H26NO6-. The lowest BCUT2D eigenvalue weighted by Crippen LogP contribution is -2.30. The van der Waals surface area contributed by atoms with Crippen LogP contribution in [0.5, 0.6) is 0 Å². The summed E-state index contributed by atoms with van der Waals surface area (Å²) in [4.78, 5) is 21.9. The maximum atomic E-state index is 11.3. The zero-order valence-corrected chi connectivity index (χ0v) is 15.6. The number of methoxy groups -OCH3 is 1. The van der Waals surface area contributed by atoms with Crippen LogP contribution in [0.4, 0.5) is 15.3 Å². The van der Waals surface area contributed by atoms with E-state index in [1.165, 1.54) is 7.11 Å². The van der Waals surface area contributed by atoms with Gasteiger partial charge in [0.05, 0.1) is 13.7 Å². The second-order valence-corrected chi connectivity index (χ2v) is 7.51. The molecule has 0 amide bonds. The van der Waals surface area contributed by atoms with Crippen LogP contribution in [-0.4, -0.2) is 26.0 Å². The second-order valence-electron chi connectivity index (χ2n) is 7.51. The minimum atomic E-state index is -1.62. The number of hydrogen-bond acceptors (Lipinski definition) is 7. The Morgan fingerprint density at radius 1 is 1.08 bits per heavy atom. The number of hydrogen-bond donors (Lipinski definition) is 1. The van der Waals surface area contributed by atoms with Crippen molar-refractivity contribution in [3.63, 3.8) is 0 Å². The average Bonchev–Trinajstić information content (AvgIpc) is 2.49. The summed E-state index contributed by atoms with van der Waals surface area (Å²) >= 11 is 0. The van der Waals surface area contributed by atoms with Crippen LogP contribution >= 0.6 is 0 Å². The van der Waals surface area contributed by atoms with Crippen molar-refractivity contribution < 1.29 is 28.9 Å². The van der Waals surface area contributed by atoms with E-state index in [-0.39, 0.29) is 18.6 Å². The molecule has 25 heavy (non-hydrogen) atoms. The number of nitrogens with two attached hydrogens (primary N) is 1. The molecule has 0 saturated heterocycles. The summed E-state index contributed by atoms with van der Waals surface area (Å²) in [6, 6.07) is 3.60.